The van der Waals surface area contributed by atoms with Gasteiger partial charge in [-0.3, -0.25) is 0 Å². The van der Waals surface area contributed by atoms with Gasteiger partial charge >= 0.3 is 6.03 Å². The largest absolute Gasteiger partial charge is 0.391 e. The summed E-state index contributed by atoms with van der Waals surface area (Å²) in [7, 11) is 0. The molecule has 0 radical (unpaired) electrons. The van der Waals surface area contributed by atoms with Gasteiger partial charge in [0.05, 0.1) is 11.8 Å². The Labute approximate surface area is 103 Å². The fraction of sp³-hybridized carbons (Fsp3) is 0.364. The van der Waals surface area contributed by atoms with Crippen molar-refractivity contribution in [2.24, 2.45) is 0 Å². The van der Waals surface area contributed by atoms with E-state index < -0.39 is 18.0 Å². The zero-order valence-electron chi connectivity index (χ0n) is 8.99. The highest BCUT2D eigenvalue weighted by Crippen LogP contribution is 2.20. The van der Waals surface area contributed by atoms with Gasteiger partial charge in [0, 0.05) is 18.1 Å². The number of carbonyl (C=O) groups is 1. The van der Waals surface area contributed by atoms with Crippen LogP contribution >= 0.6 is 11.6 Å². The fourth-order valence-corrected chi connectivity index (χ4v) is 1.87. The van der Waals surface area contributed by atoms with Crippen molar-refractivity contribution >= 4 is 23.3 Å². The number of nitrogens with one attached hydrogen (secondary N) is 1. The molecule has 6 heteroatoms. The van der Waals surface area contributed by atoms with Crippen molar-refractivity contribution in [3.63, 3.8) is 0 Å². The molecule has 0 unspecified atom stereocenters. The summed E-state index contributed by atoms with van der Waals surface area (Å²) in [4.78, 5) is 13.1. The van der Waals surface area contributed by atoms with Crippen LogP contribution in [0, 0.1) is 5.82 Å². The number of hydrogen-bond acceptors (Lipinski definition) is 2. The van der Waals surface area contributed by atoms with Gasteiger partial charge in [0.2, 0.25) is 0 Å². The maximum Gasteiger partial charge on any atom is 0.322 e. The van der Waals surface area contributed by atoms with E-state index in [4.69, 9.17) is 11.6 Å². The quantitative estimate of drug-likeness (QED) is 0.810. The number of halogens is 2. The molecule has 1 aromatic rings. The number of likely N-dealkylation sites (tertiary alicyclic amines) is 1. The molecule has 0 aromatic heterocycles. The van der Waals surface area contributed by atoms with Gasteiger partial charge in [-0.15, -0.1) is 0 Å². The van der Waals surface area contributed by atoms with Gasteiger partial charge in [0.25, 0.3) is 0 Å². The summed E-state index contributed by atoms with van der Waals surface area (Å²) in [6.07, 6.45) is 0.0621. The van der Waals surface area contributed by atoms with Gasteiger partial charge in [-0.2, -0.15) is 0 Å². The van der Waals surface area contributed by atoms with E-state index >= 15 is 0 Å². The molecule has 1 saturated heterocycles. The predicted octanol–water partition coefficient (Wildman–Crippen LogP) is 2.08. The van der Waals surface area contributed by atoms with E-state index in [1.807, 2.05) is 0 Å². The van der Waals surface area contributed by atoms with Gasteiger partial charge in [-0.05, 0) is 24.6 Å². The molecule has 17 heavy (non-hydrogen) atoms. The highest BCUT2D eigenvalue weighted by Gasteiger charge is 2.24. The topological polar surface area (TPSA) is 52.6 Å². The molecular weight excluding hydrogens is 247 g/mol. The van der Waals surface area contributed by atoms with E-state index in [1.54, 1.807) is 0 Å². The minimum Gasteiger partial charge on any atom is -0.391 e. The van der Waals surface area contributed by atoms with Gasteiger partial charge in [-0.25, -0.2) is 9.18 Å². The Balaban J connectivity index is 2.03. The molecule has 2 amide bonds. The van der Waals surface area contributed by atoms with E-state index in [1.165, 1.54) is 17.0 Å². The summed E-state index contributed by atoms with van der Waals surface area (Å²) in [5, 5.41) is 12.0. The number of aliphatic hydroxyl groups is 1. The highest BCUT2D eigenvalue weighted by atomic mass is 35.5. The van der Waals surface area contributed by atoms with Crippen LogP contribution in [0.5, 0.6) is 0 Å². The van der Waals surface area contributed by atoms with Crippen LogP contribution in [0.4, 0.5) is 14.9 Å². The fourth-order valence-electron chi connectivity index (χ4n) is 1.71. The van der Waals surface area contributed by atoms with Crippen LogP contribution in [-0.2, 0) is 0 Å². The lowest BCUT2D eigenvalue weighted by Crippen LogP contribution is -2.33. The van der Waals surface area contributed by atoms with Crippen molar-refractivity contribution in [1.82, 2.24) is 4.90 Å². The van der Waals surface area contributed by atoms with E-state index in [0.29, 0.717) is 13.0 Å². The number of anilines is 1. The molecule has 0 saturated carbocycles. The summed E-state index contributed by atoms with van der Waals surface area (Å²) in [6.45, 7) is 0.753. The van der Waals surface area contributed by atoms with Crippen LogP contribution in [-0.4, -0.2) is 35.2 Å². The number of nitrogens with zero attached hydrogens (tertiary/aromatic N) is 1. The Morgan fingerprint density at radius 3 is 2.94 bits per heavy atom. The average molecular weight is 259 g/mol. The number of benzene rings is 1. The third-order valence-electron chi connectivity index (χ3n) is 2.62. The lowest BCUT2D eigenvalue weighted by atomic mass is 10.3. The van der Waals surface area contributed by atoms with Gasteiger partial charge in [-0.1, -0.05) is 11.6 Å². The predicted molar refractivity (Wildman–Crippen MR) is 62.6 cm³/mol. The molecule has 1 atom stereocenters. The van der Waals surface area contributed by atoms with E-state index in [2.05, 4.69) is 5.32 Å². The zero-order valence-corrected chi connectivity index (χ0v) is 9.75. The molecule has 0 aliphatic carbocycles. The van der Waals surface area contributed by atoms with Crippen LogP contribution in [0.3, 0.4) is 0 Å². The standard InChI is InChI=1S/C11H12ClFN2O2/c12-7-1-2-10(9(13)5-7)14-11(17)15-4-3-8(16)6-15/h1-2,5,8,16H,3-4,6H2,(H,14,17)/t8-/m1/s1. The smallest absolute Gasteiger partial charge is 0.322 e. The minimum absolute atomic E-state index is 0.0841. The summed E-state index contributed by atoms with van der Waals surface area (Å²) in [5.74, 6) is -0.578. The highest BCUT2D eigenvalue weighted by molar-refractivity contribution is 6.30. The van der Waals surface area contributed by atoms with Crippen molar-refractivity contribution in [3.8, 4) is 0 Å². The van der Waals surface area contributed by atoms with E-state index in [9.17, 15) is 14.3 Å². The van der Waals surface area contributed by atoms with Crippen LogP contribution in [0.15, 0.2) is 18.2 Å². The number of carbonyl (C=O) groups excluding carboxylic acids is 1. The van der Waals surface area contributed by atoms with Gasteiger partial charge in [0.1, 0.15) is 5.82 Å². The van der Waals surface area contributed by atoms with Crippen molar-refractivity contribution in [2.45, 2.75) is 12.5 Å². The maximum absolute atomic E-state index is 13.4. The second kappa shape index (κ2) is 4.89. The number of amides is 2. The lowest BCUT2D eigenvalue weighted by molar-refractivity contribution is 0.176. The van der Waals surface area contributed by atoms with E-state index in [-0.39, 0.29) is 17.3 Å². The van der Waals surface area contributed by atoms with Crippen LogP contribution in [0.1, 0.15) is 6.42 Å². The molecular formula is C11H12ClFN2O2. The molecule has 92 valence electrons. The molecule has 1 fully saturated rings. The summed E-state index contributed by atoms with van der Waals surface area (Å²) < 4.78 is 13.4. The number of rotatable bonds is 1. The zero-order chi connectivity index (χ0) is 12.4. The first-order valence-corrected chi connectivity index (χ1v) is 5.63. The molecule has 2 N–H and O–H groups in total. The van der Waals surface area contributed by atoms with Gasteiger partial charge in [0.15, 0.2) is 0 Å². The minimum atomic E-state index is -0.578. The third kappa shape index (κ3) is 2.87. The number of aliphatic hydroxyl groups excluding tert-OH is 1. The summed E-state index contributed by atoms with van der Waals surface area (Å²) in [6, 6.07) is 3.62. The first-order valence-electron chi connectivity index (χ1n) is 5.25. The van der Waals surface area contributed by atoms with Crippen molar-refractivity contribution in [3.05, 3.63) is 29.0 Å². The third-order valence-corrected chi connectivity index (χ3v) is 2.86. The van der Waals surface area contributed by atoms with Crippen molar-refractivity contribution in [2.75, 3.05) is 18.4 Å². The lowest BCUT2D eigenvalue weighted by Gasteiger charge is -2.16. The SMILES string of the molecule is O=C(Nc1ccc(Cl)cc1F)N1CC[C@@H](O)C1. The number of urea groups is 1. The normalized spacial score (nSPS) is 19.5. The Bertz CT molecular complexity index is 441. The Hall–Kier alpha value is -1.33. The summed E-state index contributed by atoms with van der Waals surface area (Å²) in [5.41, 5.74) is 0.0841. The molecule has 4 nitrogen and oxygen atoms in total. The first kappa shape index (κ1) is 12.1. The Kier molecular flexibility index (Phi) is 3.49. The Morgan fingerprint density at radius 1 is 1.59 bits per heavy atom. The molecule has 1 aliphatic rings. The van der Waals surface area contributed by atoms with Crippen LogP contribution in [0.25, 0.3) is 0 Å². The molecule has 0 spiro atoms. The molecule has 0 bridgehead atoms. The number of β-amino-alcohol motifs (C(OH)–C–C–N with tert-alkyl or cyclic N) is 1. The van der Waals surface area contributed by atoms with Crippen molar-refractivity contribution < 1.29 is 14.3 Å². The summed E-state index contributed by atoms with van der Waals surface area (Å²) >= 11 is 5.60. The van der Waals surface area contributed by atoms with Gasteiger partial charge < -0.3 is 15.3 Å². The van der Waals surface area contributed by atoms with Crippen molar-refractivity contribution in [1.29, 1.82) is 0 Å². The second-order valence-electron chi connectivity index (χ2n) is 3.94. The number of hydrogen-bond donors (Lipinski definition) is 2. The molecule has 2 rings (SSSR count). The molecule has 1 aromatic carbocycles. The van der Waals surface area contributed by atoms with E-state index in [0.717, 1.165) is 6.07 Å². The molecule has 1 heterocycles. The van der Waals surface area contributed by atoms with Crippen LogP contribution in [0.2, 0.25) is 5.02 Å². The van der Waals surface area contributed by atoms with Crippen LogP contribution < -0.4 is 5.32 Å². The first-order chi connectivity index (χ1) is 8.06. The molecule has 1 aliphatic heterocycles. The second-order valence-corrected chi connectivity index (χ2v) is 4.38. The maximum atomic E-state index is 13.4. The Morgan fingerprint density at radius 2 is 2.35 bits per heavy atom. The average Bonchev–Trinajstić information content (AvgIpc) is 2.69. The monoisotopic (exact) mass is 258 g/mol.